The van der Waals surface area contributed by atoms with Crippen molar-refractivity contribution in [3.8, 4) is 6.07 Å². The Morgan fingerprint density at radius 1 is 1.47 bits per heavy atom. The zero-order chi connectivity index (χ0) is 10.7. The Bertz CT molecular complexity index is 333. The van der Waals surface area contributed by atoms with E-state index in [0.717, 1.165) is 13.1 Å². The Hall–Kier alpha value is -0.850. The summed E-state index contributed by atoms with van der Waals surface area (Å²) in [5, 5.41) is 11.4. The molecule has 1 saturated heterocycles. The molecule has 0 radical (unpaired) electrons. The summed E-state index contributed by atoms with van der Waals surface area (Å²) in [5.74, 6) is 0.341. The lowest BCUT2D eigenvalue weighted by Crippen LogP contribution is -2.35. The molecule has 1 aromatic heterocycles. The van der Waals surface area contributed by atoms with Crippen LogP contribution in [0.25, 0.3) is 0 Å². The van der Waals surface area contributed by atoms with Crippen molar-refractivity contribution in [2.75, 3.05) is 13.1 Å². The van der Waals surface area contributed by atoms with Crippen molar-refractivity contribution >= 4 is 11.3 Å². The van der Waals surface area contributed by atoms with E-state index in [-0.39, 0.29) is 6.04 Å². The molecule has 2 rings (SSSR count). The van der Waals surface area contributed by atoms with Gasteiger partial charge in [0.1, 0.15) is 6.04 Å². The number of hydrogen-bond acceptors (Lipinski definition) is 3. The SMILES string of the molecule is CC(c1cccs1)C(C#N)N1CCCC1. The average Bonchev–Trinajstić information content (AvgIpc) is 2.91. The monoisotopic (exact) mass is 220 g/mol. The second kappa shape index (κ2) is 4.78. The Kier molecular flexibility index (Phi) is 3.40. The third kappa shape index (κ3) is 2.22. The van der Waals surface area contributed by atoms with Crippen LogP contribution in [-0.4, -0.2) is 24.0 Å². The molecule has 2 nitrogen and oxygen atoms in total. The van der Waals surface area contributed by atoms with E-state index in [2.05, 4.69) is 35.4 Å². The fourth-order valence-corrected chi connectivity index (χ4v) is 3.05. The van der Waals surface area contributed by atoms with Crippen molar-refractivity contribution in [3.63, 3.8) is 0 Å². The number of nitrogens with zero attached hydrogens (tertiary/aromatic N) is 2. The van der Waals surface area contributed by atoms with Crippen molar-refractivity contribution in [3.05, 3.63) is 22.4 Å². The van der Waals surface area contributed by atoms with E-state index < -0.39 is 0 Å². The summed E-state index contributed by atoms with van der Waals surface area (Å²) in [6, 6.07) is 6.72. The van der Waals surface area contributed by atoms with Gasteiger partial charge in [-0.2, -0.15) is 5.26 Å². The summed E-state index contributed by atoms with van der Waals surface area (Å²) in [4.78, 5) is 3.65. The van der Waals surface area contributed by atoms with Crippen LogP contribution in [0.2, 0.25) is 0 Å². The molecule has 1 fully saturated rings. The molecule has 1 aliphatic rings. The molecule has 15 heavy (non-hydrogen) atoms. The zero-order valence-corrected chi connectivity index (χ0v) is 9.83. The van der Waals surface area contributed by atoms with E-state index in [0.29, 0.717) is 5.92 Å². The van der Waals surface area contributed by atoms with Crippen molar-refractivity contribution in [1.29, 1.82) is 5.26 Å². The van der Waals surface area contributed by atoms with Crippen molar-refractivity contribution < 1.29 is 0 Å². The van der Waals surface area contributed by atoms with Crippen LogP contribution in [0.3, 0.4) is 0 Å². The summed E-state index contributed by atoms with van der Waals surface area (Å²) in [6.07, 6.45) is 2.49. The molecule has 0 N–H and O–H groups in total. The highest BCUT2D eigenvalue weighted by atomic mass is 32.1. The molecule has 2 atom stereocenters. The van der Waals surface area contributed by atoms with Crippen molar-refractivity contribution in [1.82, 2.24) is 4.90 Å². The lowest BCUT2D eigenvalue weighted by atomic mass is 10.0. The maximum absolute atomic E-state index is 9.27. The molecule has 0 aliphatic carbocycles. The zero-order valence-electron chi connectivity index (χ0n) is 9.02. The van der Waals surface area contributed by atoms with Crippen LogP contribution in [-0.2, 0) is 0 Å². The lowest BCUT2D eigenvalue weighted by Gasteiger charge is -2.26. The molecule has 2 heterocycles. The normalized spacial score (nSPS) is 21.1. The number of nitriles is 1. The predicted octanol–water partition coefficient (Wildman–Crippen LogP) is 2.84. The van der Waals surface area contributed by atoms with Crippen LogP contribution < -0.4 is 0 Å². The van der Waals surface area contributed by atoms with E-state index in [1.54, 1.807) is 11.3 Å². The predicted molar refractivity (Wildman–Crippen MR) is 62.9 cm³/mol. The molecular weight excluding hydrogens is 204 g/mol. The van der Waals surface area contributed by atoms with Gasteiger partial charge in [-0.25, -0.2) is 0 Å². The Morgan fingerprint density at radius 3 is 2.73 bits per heavy atom. The molecule has 0 amide bonds. The number of thiophene rings is 1. The first-order chi connectivity index (χ1) is 7.33. The van der Waals surface area contributed by atoms with Crippen LogP contribution in [0.1, 0.15) is 30.6 Å². The number of rotatable bonds is 3. The first-order valence-electron chi connectivity index (χ1n) is 5.50. The summed E-state index contributed by atoms with van der Waals surface area (Å²) >= 11 is 1.76. The molecule has 0 bridgehead atoms. The first-order valence-corrected chi connectivity index (χ1v) is 6.38. The minimum atomic E-state index is 0.0612. The van der Waals surface area contributed by atoms with Gasteiger partial charge in [0.25, 0.3) is 0 Å². The molecule has 0 saturated carbocycles. The first kappa shape index (κ1) is 10.7. The molecule has 1 aliphatic heterocycles. The average molecular weight is 220 g/mol. The molecular formula is C12H16N2S. The second-order valence-electron chi connectivity index (χ2n) is 4.12. The fourth-order valence-electron chi connectivity index (χ4n) is 2.24. The van der Waals surface area contributed by atoms with E-state index in [1.165, 1.54) is 17.7 Å². The van der Waals surface area contributed by atoms with Gasteiger partial charge in [0.15, 0.2) is 0 Å². The maximum Gasteiger partial charge on any atom is 0.105 e. The van der Waals surface area contributed by atoms with Crippen LogP contribution in [0.5, 0.6) is 0 Å². The molecule has 1 aromatic rings. The topological polar surface area (TPSA) is 27.0 Å². The van der Waals surface area contributed by atoms with Crippen LogP contribution in [0.4, 0.5) is 0 Å². The van der Waals surface area contributed by atoms with Gasteiger partial charge in [0.2, 0.25) is 0 Å². The van der Waals surface area contributed by atoms with E-state index in [9.17, 15) is 5.26 Å². The lowest BCUT2D eigenvalue weighted by molar-refractivity contribution is 0.265. The second-order valence-corrected chi connectivity index (χ2v) is 5.10. The van der Waals surface area contributed by atoms with E-state index in [1.807, 2.05) is 0 Å². The highest BCUT2D eigenvalue weighted by molar-refractivity contribution is 7.10. The van der Waals surface area contributed by atoms with Crippen LogP contribution >= 0.6 is 11.3 Å². The van der Waals surface area contributed by atoms with Gasteiger partial charge >= 0.3 is 0 Å². The quantitative estimate of drug-likeness (QED) is 0.783. The minimum absolute atomic E-state index is 0.0612. The van der Waals surface area contributed by atoms with E-state index in [4.69, 9.17) is 0 Å². The number of hydrogen-bond donors (Lipinski definition) is 0. The Morgan fingerprint density at radius 2 is 2.20 bits per heavy atom. The third-order valence-electron chi connectivity index (χ3n) is 3.13. The van der Waals surface area contributed by atoms with Gasteiger partial charge in [-0.15, -0.1) is 11.3 Å². The summed E-state index contributed by atoms with van der Waals surface area (Å²) in [5.41, 5.74) is 0. The Labute approximate surface area is 95.1 Å². The third-order valence-corrected chi connectivity index (χ3v) is 4.21. The molecule has 2 unspecified atom stereocenters. The molecule has 0 spiro atoms. The van der Waals surface area contributed by atoms with Crippen molar-refractivity contribution in [2.24, 2.45) is 0 Å². The van der Waals surface area contributed by atoms with Gasteiger partial charge in [-0.3, -0.25) is 4.90 Å². The van der Waals surface area contributed by atoms with Gasteiger partial charge in [-0.05, 0) is 37.4 Å². The van der Waals surface area contributed by atoms with Gasteiger partial charge in [-0.1, -0.05) is 13.0 Å². The maximum atomic E-state index is 9.27. The standard InChI is InChI=1S/C12H16N2S/c1-10(12-5-4-8-15-12)11(9-13)14-6-2-3-7-14/h4-5,8,10-11H,2-3,6-7H2,1H3. The summed E-state index contributed by atoms with van der Waals surface area (Å²) in [6.45, 7) is 4.35. The van der Waals surface area contributed by atoms with Crippen molar-refractivity contribution in [2.45, 2.75) is 31.7 Å². The van der Waals surface area contributed by atoms with Gasteiger partial charge in [0.05, 0.1) is 6.07 Å². The van der Waals surface area contributed by atoms with Crippen LogP contribution in [0, 0.1) is 11.3 Å². The Balaban J connectivity index is 2.09. The summed E-state index contributed by atoms with van der Waals surface area (Å²) < 4.78 is 0. The highest BCUT2D eigenvalue weighted by Crippen LogP contribution is 2.28. The van der Waals surface area contributed by atoms with Gasteiger partial charge in [0, 0.05) is 10.8 Å². The van der Waals surface area contributed by atoms with Gasteiger partial charge < -0.3 is 0 Å². The summed E-state index contributed by atoms with van der Waals surface area (Å²) in [7, 11) is 0. The highest BCUT2D eigenvalue weighted by Gasteiger charge is 2.27. The molecule has 80 valence electrons. The fraction of sp³-hybridized carbons (Fsp3) is 0.583. The number of likely N-dealkylation sites (tertiary alicyclic amines) is 1. The van der Waals surface area contributed by atoms with Crippen LogP contribution in [0.15, 0.2) is 17.5 Å². The smallest absolute Gasteiger partial charge is 0.105 e. The molecule has 0 aromatic carbocycles. The van der Waals surface area contributed by atoms with E-state index >= 15 is 0 Å². The molecule has 3 heteroatoms. The minimum Gasteiger partial charge on any atom is -0.288 e. The largest absolute Gasteiger partial charge is 0.288 e.